The number of rotatable bonds is 5. The van der Waals surface area contributed by atoms with Crippen LogP contribution in [0.3, 0.4) is 0 Å². The Morgan fingerprint density at radius 3 is 2.39 bits per heavy atom. The minimum absolute atomic E-state index is 0.0427. The molecule has 1 N–H and O–H groups in total. The highest BCUT2D eigenvalue weighted by molar-refractivity contribution is 6.10. The Bertz CT molecular complexity index is 819. The van der Waals surface area contributed by atoms with Crippen LogP contribution in [0.1, 0.15) is 32.1 Å². The molecule has 4 rings (SSSR count). The van der Waals surface area contributed by atoms with Gasteiger partial charge in [0.15, 0.2) is 17.4 Å². The number of hydrogen-bond donors (Lipinski definition) is 1. The Morgan fingerprint density at radius 1 is 1.11 bits per heavy atom. The van der Waals surface area contributed by atoms with E-state index in [1.54, 1.807) is 4.90 Å². The average Bonchev–Trinajstić information content (AvgIpc) is 3.48. The lowest BCUT2D eigenvalue weighted by atomic mass is 9.85. The SMILES string of the molecule is O=C1CC(=O)C(CCC(=O)N2CCN(c3ccc(F)c(F)c3)CC2)(C2CC2)N1. The van der Waals surface area contributed by atoms with E-state index >= 15 is 0 Å². The van der Waals surface area contributed by atoms with E-state index in [1.165, 1.54) is 12.1 Å². The van der Waals surface area contributed by atoms with Crippen molar-refractivity contribution in [3.63, 3.8) is 0 Å². The molecular weight excluding hydrogens is 368 g/mol. The molecular formula is C20H23F2N3O3. The zero-order valence-corrected chi connectivity index (χ0v) is 15.5. The Hall–Kier alpha value is -2.51. The lowest BCUT2D eigenvalue weighted by Gasteiger charge is -2.37. The molecule has 0 spiro atoms. The van der Waals surface area contributed by atoms with Gasteiger partial charge in [-0.15, -0.1) is 0 Å². The van der Waals surface area contributed by atoms with E-state index in [0.717, 1.165) is 18.9 Å². The maximum atomic E-state index is 13.4. The van der Waals surface area contributed by atoms with Crippen molar-refractivity contribution in [3.8, 4) is 0 Å². The topological polar surface area (TPSA) is 69.7 Å². The minimum Gasteiger partial charge on any atom is -0.368 e. The zero-order valence-electron chi connectivity index (χ0n) is 15.5. The van der Waals surface area contributed by atoms with E-state index in [1.807, 2.05) is 4.90 Å². The molecule has 1 aliphatic carbocycles. The van der Waals surface area contributed by atoms with Gasteiger partial charge in [0, 0.05) is 44.4 Å². The fraction of sp³-hybridized carbons (Fsp3) is 0.550. The summed E-state index contributed by atoms with van der Waals surface area (Å²) < 4.78 is 26.5. The number of Topliss-reactive ketones (excluding diaryl/α,β-unsaturated/α-hetero) is 1. The molecule has 8 heteroatoms. The summed E-state index contributed by atoms with van der Waals surface area (Å²) in [7, 11) is 0. The second kappa shape index (κ2) is 7.14. The van der Waals surface area contributed by atoms with Crippen molar-refractivity contribution in [2.75, 3.05) is 31.1 Å². The Morgan fingerprint density at radius 2 is 1.82 bits per heavy atom. The van der Waals surface area contributed by atoms with Gasteiger partial charge in [0.25, 0.3) is 0 Å². The van der Waals surface area contributed by atoms with Gasteiger partial charge in [0.2, 0.25) is 11.8 Å². The molecule has 0 aromatic heterocycles. The molecule has 2 aliphatic heterocycles. The predicted molar refractivity (Wildman–Crippen MR) is 97.6 cm³/mol. The number of carbonyl (C=O) groups excluding carboxylic acids is 3. The maximum Gasteiger partial charge on any atom is 0.228 e. The monoisotopic (exact) mass is 391 g/mol. The van der Waals surface area contributed by atoms with Gasteiger partial charge in [-0.05, 0) is 37.3 Å². The smallest absolute Gasteiger partial charge is 0.228 e. The number of halogens is 2. The van der Waals surface area contributed by atoms with Gasteiger partial charge >= 0.3 is 0 Å². The van der Waals surface area contributed by atoms with Gasteiger partial charge in [-0.1, -0.05) is 0 Å². The van der Waals surface area contributed by atoms with Gasteiger partial charge in [0.1, 0.15) is 5.54 Å². The first-order valence-electron chi connectivity index (χ1n) is 9.71. The summed E-state index contributed by atoms with van der Waals surface area (Å²) in [5, 5.41) is 2.84. The number of piperazine rings is 1. The van der Waals surface area contributed by atoms with Crippen molar-refractivity contribution in [1.29, 1.82) is 0 Å². The molecule has 1 aromatic rings. The number of amides is 2. The van der Waals surface area contributed by atoms with E-state index < -0.39 is 17.2 Å². The third kappa shape index (κ3) is 3.47. The van der Waals surface area contributed by atoms with Crippen molar-refractivity contribution in [3.05, 3.63) is 29.8 Å². The van der Waals surface area contributed by atoms with Crippen LogP contribution < -0.4 is 10.2 Å². The molecule has 2 heterocycles. The van der Waals surface area contributed by atoms with Crippen LogP contribution in [0.25, 0.3) is 0 Å². The van der Waals surface area contributed by atoms with Crippen LogP contribution in [0.5, 0.6) is 0 Å². The van der Waals surface area contributed by atoms with Crippen LogP contribution in [0.4, 0.5) is 14.5 Å². The fourth-order valence-electron chi connectivity index (χ4n) is 4.34. The molecule has 3 aliphatic rings. The van der Waals surface area contributed by atoms with Crippen molar-refractivity contribution in [2.45, 2.75) is 37.6 Å². The molecule has 1 saturated carbocycles. The van der Waals surface area contributed by atoms with Crippen LogP contribution in [0.15, 0.2) is 18.2 Å². The third-order valence-corrected chi connectivity index (χ3v) is 6.09. The maximum absolute atomic E-state index is 13.4. The predicted octanol–water partition coefficient (Wildman–Crippen LogP) is 1.63. The van der Waals surface area contributed by atoms with Crippen LogP contribution >= 0.6 is 0 Å². The van der Waals surface area contributed by atoms with Crippen molar-refractivity contribution in [2.24, 2.45) is 5.92 Å². The number of nitrogens with zero attached hydrogens (tertiary/aromatic N) is 2. The highest BCUT2D eigenvalue weighted by Gasteiger charge is 2.55. The largest absolute Gasteiger partial charge is 0.368 e. The number of nitrogens with one attached hydrogen (secondary N) is 1. The zero-order chi connectivity index (χ0) is 19.9. The van der Waals surface area contributed by atoms with E-state index in [9.17, 15) is 23.2 Å². The Kier molecular flexibility index (Phi) is 4.81. The van der Waals surface area contributed by atoms with Crippen molar-refractivity contribution >= 4 is 23.3 Å². The van der Waals surface area contributed by atoms with E-state index in [4.69, 9.17) is 0 Å². The molecule has 2 saturated heterocycles. The average molecular weight is 391 g/mol. The number of hydrogen-bond acceptors (Lipinski definition) is 4. The van der Waals surface area contributed by atoms with Crippen molar-refractivity contribution in [1.82, 2.24) is 10.2 Å². The minimum atomic E-state index is -0.885. The second-order valence-electron chi connectivity index (χ2n) is 7.86. The van der Waals surface area contributed by atoms with Crippen LogP contribution in [-0.4, -0.2) is 54.2 Å². The van der Waals surface area contributed by atoms with Gasteiger partial charge in [-0.3, -0.25) is 14.4 Å². The number of carbonyl (C=O) groups is 3. The van der Waals surface area contributed by atoms with E-state index in [2.05, 4.69) is 5.32 Å². The molecule has 0 bridgehead atoms. The molecule has 1 unspecified atom stereocenters. The normalized spacial score (nSPS) is 25.2. The summed E-state index contributed by atoms with van der Waals surface area (Å²) in [4.78, 5) is 40.3. The number of benzene rings is 1. The fourth-order valence-corrected chi connectivity index (χ4v) is 4.34. The first-order chi connectivity index (χ1) is 13.4. The standard InChI is InChI=1S/C20H23F2N3O3/c21-15-4-3-14(11-16(15)22)24-7-9-25(10-8-24)19(28)5-6-20(13-1-2-13)17(26)12-18(27)23-20/h3-4,11,13H,1-2,5-10,12H2,(H,23,27). The summed E-state index contributed by atoms with van der Waals surface area (Å²) in [6.07, 6.45) is 2.30. The molecule has 3 fully saturated rings. The highest BCUT2D eigenvalue weighted by Crippen LogP contribution is 2.45. The summed E-state index contributed by atoms with van der Waals surface area (Å²) in [5.74, 6) is -1.98. The molecule has 1 atom stereocenters. The third-order valence-electron chi connectivity index (χ3n) is 6.09. The van der Waals surface area contributed by atoms with Crippen LogP contribution in [0.2, 0.25) is 0 Å². The molecule has 150 valence electrons. The van der Waals surface area contributed by atoms with Gasteiger partial charge in [-0.25, -0.2) is 8.78 Å². The summed E-state index contributed by atoms with van der Waals surface area (Å²) in [6.45, 7) is 2.02. The Labute approximate surface area is 161 Å². The number of anilines is 1. The van der Waals surface area contributed by atoms with Crippen LogP contribution in [0, 0.1) is 17.6 Å². The summed E-state index contributed by atoms with van der Waals surface area (Å²) in [5.41, 5.74) is -0.252. The first kappa shape index (κ1) is 18.8. The van der Waals surface area contributed by atoms with Crippen LogP contribution in [-0.2, 0) is 14.4 Å². The Balaban J connectivity index is 1.32. The van der Waals surface area contributed by atoms with Crippen molar-refractivity contribution < 1.29 is 23.2 Å². The molecule has 6 nitrogen and oxygen atoms in total. The quantitative estimate of drug-likeness (QED) is 0.775. The molecule has 1 aromatic carbocycles. The highest BCUT2D eigenvalue weighted by atomic mass is 19.2. The van der Waals surface area contributed by atoms with Gasteiger partial charge in [0.05, 0.1) is 6.42 Å². The first-order valence-corrected chi connectivity index (χ1v) is 9.71. The lowest BCUT2D eigenvalue weighted by molar-refractivity contribution is -0.132. The lowest BCUT2D eigenvalue weighted by Crippen LogP contribution is -2.51. The second-order valence-corrected chi connectivity index (χ2v) is 7.86. The van der Waals surface area contributed by atoms with E-state index in [0.29, 0.717) is 38.3 Å². The van der Waals surface area contributed by atoms with E-state index in [-0.39, 0.29) is 36.4 Å². The molecule has 2 amide bonds. The summed E-state index contributed by atoms with van der Waals surface area (Å²) in [6, 6.07) is 3.80. The summed E-state index contributed by atoms with van der Waals surface area (Å²) >= 11 is 0. The van der Waals surface area contributed by atoms with Gasteiger partial charge < -0.3 is 15.1 Å². The van der Waals surface area contributed by atoms with Gasteiger partial charge in [-0.2, -0.15) is 0 Å². The number of ketones is 1. The molecule has 28 heavy (non-hydrogen) atoms. The molecule has 0 radical (unpaired) electrons.